The molecule has 3 aromatic heterocycles. The zero-order valence-corrected chi connectivity index (χ0v) is 16.4. The van der Waals surface area contributed by atoms with E-state index in [2.05, 4.69) is 56.1 Å². The first-order chi connectivity index (χ1) is 14.8. The number of aliphatic imine (C=N–C) groups is 2. The average molecular weight is 393 g/mol. The van der Waals surface area contributed by atoms with Crippen LogP contribution in [0.15, 0.2) is 81.7 Å². The highest BCUT2D eigenvalue weighted by molar-refractivity contribution is 6.01. The van der Waals surface area contributed by atoms with Crippen LogP contribution in [0, 0.1) is 0 Å². The number of hydrogen-bond acceptors (Lipinski definition) is 4. The summed E-state index contributed by atoms with van der Waals surface area (Å²) in [7, 11) is 0. The van der Waals surface area contributed by atoms with Crippen LogP contribution in [-0.4, -0.2) is 28.1 Å². The number of H-pyrrole nitrogens is 2. The van der Waals surface area contributed by atoms with Gasteiger partial charge in [-0.15, -0.1) is 0 Å². The molecular weight excluding hydrogens is 374 g/mol. The summed E-state index contributed by atoms with van der Waals surface area (Å²) in [6.45, 7) is 5.54. The molecule has 0 spiro atoms. The van der Waals surface area contributed by atoms with E-state index in [4.69, 9.17) is 4.42 Å². The van der Waals surface area contributed by atoms with Crippen molar-refractivity contribution in [1.29, 1.82) is 0 Å². The monoisotopic (exact) mass is 393 g/mol. The molecule has 0 aliphatic rings. The molecule has 0 amide bonds. The third kappa shape index (κ3) is 2.95. The van der Waals surface area contributed by atoms with Gasteiger partial charge in [0.2, 0.25) is 0 Å². The van der Waals surface area contributed by atoms with Crippen molar-refractivity contribution >= 4 is 40.4 Å². The number of hydrogen-bond donors (Lipinski definition) is 2. The predicted molar refractivity (Wildman–Crippen MR) is 123 cm³/mol. The topological polar surface area (TPSA) is 82.3 Å². The van der Waals surface area contributed by atoms with E-state index in [0.29, 0.717) is 5.70 Å². The minimum atomic E-state index is 0.709. The van der Waals surface area contributed by atoms with Crippen LogP contribution in [-0.2, 0) is 0 Å². The fraction of sp³-hybridized carbons (Fsp3) is 0.0417. The molecular formula is C24H19N5O. The van der Waals surface area contributed by atoms with Crippen molar-refractivity contribution in [3.63, 3.8) is 0 Å². The van der Waals surface area contributed by atoms with Crippen LogP contribution in [0.1, 0.15) is 12.5 Å². The lowest BCUT2D eigenvalue weighted by atomic mass is 10.0. The number of fused-ring (bicyclic) bond motifs is 2. The summed E-state index contributed by atoms with van der Waals surface area (Å²) in [4.78, 5) is 11.8. The van der Waals surface area contributed by atoms with Gasteiger partial charge in [0.05, 0.1) is 35.6 Å². The molecule has 5 aromatic rings. The minimum absolute atomic E-state index is 0.709. The largest absolute Gasteiger partial charge is 0.472 e. The molecule has 146 valence electrons. The van der Waals surface area contributed by atoms with Gasteiger partial charge in [-0.05, 0) is 49.5 Å². The Balaban J connectivity index is 1.66. The van der Waals surface area contributed by atoms with Crippen molar-refractivity contribution in [3.8, 4) is 22.5 Å². The standard InChI is InChI=1S/C24H19N5O/c1-3-26-13-23(25-2)15-7-8-21-19(11-15)24(29-28-21)22-12-18-17(16-9-10-30-14-16)5-4-6-20(18)27-22/h3-14,27H,2H2,1H3,(H,28,29)/b23-13-,26-3-. The van der Waals surface area contributed by atoms with Gasteiger partial charge < -0.3 is 9.40 Å². The van der Waals surface area contributed by atoms with E-state index in [1.54, 1.807) is 24.9 Å². The number of aromatic amines is 2. The summed E-state index contributed by atoms with van der Waals surface area (Å²) >= 11 is 0. The van der Waals surface area contributed by atoms with Crippen molar-refractivity contribution in [3.05, 3.63) is 72.8 Å². The number of rotatable bonds is 5. The van der Waals surface area contributed by atoms with E-state index in [-0.39, 0.29) is 0 Å². The molecule has 0 saturated carbocycles. The molecule has 0 radical (unpaired) electrons. The number of aromatic nitrogens is 3. The van der Waals surface area contributed by atoms with E-state index in [1.807, 2.05) is 31.2 Å². The van der Waals surface area contributed by atoms with E-state index in [1.165, 1.54) is 0 Å². The molecule has 2 N–H and O–H groups in total. The van der Waals surface area contributed by atoms with Gasteiger partial charge in [-0.3, -0.25) is 15.1 Å². The molecule has 0 fully saturated rings. The molecule has 0 bridgehead atoms. The summed E-state index contributed by atoms with van der Waals surface area (Å²) in [6, 6.07) is 16.3. The normalized spacial score (nSPS) is 12.4. The number of furan rings is 1. The van der Waals surface area contributed by atoms with Crippen LogP contribution in [0.4, 0.5) is 0 Å². The van der Waals surface area contributed by atoms with Crippen LogP contribution >= 0.6 is 0 Å². The molecule has 0 unspecified atom stereocenters. The number of benzene rings is 2. The Morgan fingerprint density at radius 2 is 2.03 bits per heavy atom. The second kappa shape index (κ2) is 7.33. The fourth-order valence-corrected chi connectivity index (χ4v) is 3.68. The van der Waals surface area contributed by atoms with Crippen LogP contribution in [0.2, 0.25) is 0 Å². The van der Waals surface area contributed by atoms with Crippen molar-refractivity contribution in [1.82, 2.24) is 15.2 Å². The molecule has 2 aromatic carbocycles. The molecule has 0 aliphatic heterocycles. The molecule has 0 aliphatic carbocycles. The second-order valence-electron chi connectivity index (χ2n) is 6.87. The van der Waals surface area contributed by atoms with Crippen LogP contribution in [0.3, 0.4) is 0 Å². The van der Waals surface area contributed by atoms with Crippen molar-refractivity contribution in [2.45, 2.75) is 6.92 Å². The fourth-order valence-electron chi connectivity index (χ4n) is 3.68. The summed E-state index contributed by atoms with van der Waals surface area (Å²) in [5.41, 5.74) is 7.58. The number of nitrogens with one attached hydrogen (secondary N) is 2. The Morgan fingerprint density at radius 1 is 1.10 bits per heavy atom. The molecule has 30 heavy (non-hydrogen) atoms. The van der Waals surface area contributed by atoms with Crippen molar-refractivity contribution in [2.75, 3.05) is 0 Å². The summed E-state index contributed by atoms with van der Waals surface area (Å²) in [5, 5.41) is 9.81. The maximum absolute atomic E-state index is 5.27. The van der Waals surface area contributed by atoms with Gasteiger partial charge in [-0.2, -0.15) is 5.10 Å². The SMILES string of the molecule is C=N/C(=C\N=C/C)c1ccc2[nH]nc(-c3cc4c(-c5ccoc5)cccc4[nH]3)c2c1. The first-order valence-electron chi connectivity index (χ1n) is 9.56. The van der Waals surface area contributed by atoms with Gasteiger partial charge >= 0.3 is 0 Å². The Morgan fingerprint density at radius 3 is 2.83 bits per heavy atom. The van der Waals surface area contributed by atoms with Gasteiger partial charge in [-0.1, -0.05) is 18.2 Å². The first kappa shape index (κ1) is 17.9. The minimum Gasteiger partial charge on any atom is -0.472 e. The maximum Gasteiger partial charge on any atom is 0.116 e. The second-order valence-corrected chi connectivity index (χ2v) is 6.87. The smallest absolute Gasteiger partial charge is 0.116 e. The zero-order chi connectivity index (χ0) is 20.5. The Bertz CT molecular complexity index is 1420. The zero-order valence-electron chi connectivity index (χ0n) is 16.4. The molecule has 6 nitrogen and oxygen atoms in total. The Kier molecular flexibility index (Phi) is 4.37. The van der Waals surface area contributed by atoms with Gasteiger partial charge in [0, 0.05) is 33.6 Å². The van der Waals surface area contributed by atoms with Crippen LogP contribution in [0.25, 0.3) is 50.0 Å². The molecule has 0 saturated heterocycles. The lowest BCUT2D eigenvalue weighted by molar-refractivity contribution is 0.568. The third-order valence-corrected chi connectivity index (χ3v) is 5.13. The van der Waals surface area contributed by atoms with E-state index >= 15 is 0 Å². The van der Waals surface area contributed by atoms with Crippen molar-refractivity contribution < 1.29 is 4.42 Å². The van der Waals surface area contributed by atoms with Gasteiger partial charge in [0.25, 0.3) is 0 Å². The van der Waals surface area contributed by atoms with Crippen LogP contribution in [0.5, 0.6) is 0 Å². The average Bonchev–Trinajstić information content (AvgIpc) is 3.52. The lowest BCUT2D eigenvalue weighted by Crippen LogP contribution is -1.82. The Labute approximate surface area is 172 Å². The lowest BCUT2D eigenvalue weighted by Gasteiger charge is -2.01. The van der Waals surface area contributed by atoms with Gasteiger partial charge in [0.1, 0.15) is 5.69 Å². The van der Waals surface area contributed by atoms with E-state index in [0.717, 1.165) is 49.9 Å². The number of nitrogens with zero attached hydrogens (tertiary/aromatic N) is 3. The van der Waals surface area contributed by atoms with Gasteiger partial charge in [-0.25, -0.2) is 0 Å². The van der Waals surface area contributed by atoms with Crippen LogP contribution < -0.4 is 0 Å². The van der Waals surface area contributed by atoms with E-state index in [9.17, 15) is 0 Å². The summed E-state index contributed by atoms with van der Waals surface area (Å²) < 4.78 is 5.27. The quantitative estimate of drug-likeness (QED) is 0.356. The van der Waals surface area contributed by atoms with E-state index < -0.39 is 0 Å². The predicted octanol–water partition coefficient (Wildman–Crippen LogP) is 6.06. The summed E-state index contributed by atoms with van der Waals surface area (Å²) in [5.74, 6) is 0. The molecule has 3 heterocycles. The highest BCUT2D eigenvalue weighted by Gasteiger charge is 2.14. The highest BCUT2D eigenvalue weighted by Crippen LogP contribution is 2.34. The van der Waals surface area contributed by atoms with Gasteiger partial charge in [0.15, 0.2) is 0 Å². The molecule has 0 atom stereocenters. The highest BCUT2D eigenvalue weighted by atomic mass is 16.3. The Hall–Kier alpha value is -4.19. The first-order valence-corrected chi connectivity index (χ1v) is 9.56. The maximum atomic E-state index is 5.27. The summed E-state index contributed by atoms with van der Waals surface area (Å²) in [6.07, 6.45) is 6.86. The molecule has 5 rings (SSSR count). The molecule has 6 heteroatoms. The van der Waals surface area contributed by atoms with Crippen molar-refractivity contribution in [2.24, 2.45) is 9.98 Å². The third-order valence-electron chi connectivity index (χ3n) is 5.13.